The minimum atomic E-state index is -0.467. The Hall–Kier alpha value is -2.87. The van der Waals surface area contributed by atoms with Gasteiger partial charge in [0.1, 0.15) is 12.2 Å². The number of aryl methyl sites for hydroxylation is 2. The summed E-state index contributed by atoms with van der Waals surface area (Å²) in [6.45, 7) is 7.59. The lowest BCUT2D eigenvalue weighted by atomic mass is 10.1. The van der Waals surface area contributed by atoms with Crippen molar-refractivity contribution in [3.05, 3.63) is 58.5 Å². The molecule has 0 atom stereocenters. The summed E-state index contributed by atoms with van der Waals surface area (Å²) >= 11 is 1.27. The number of carbonyl (C=O) groups is 2. The van der Waals surface area contributed by atoms with Crippen LogP contribution in [0.4, 0.5) is 11.4 Å². The van der Waals surface area contributed by atoms with Crippen molar-refractivity contribution in [2.45, 2.75) is 25.3 Å². The van der Waals surface area contributed by atoms with Gasteiger partial charge in [0.2, 0.25) is 11.8 Å². The van der Waals surface area contributed by atoms with Gasteiger partial charge in [-0.05, 0) is 37.1 Å². The number of hydrogen-bond donors (Lipinski definition) is 1. The van der Waals surface area contributed by atoms with Crippen molar-refractivity contribution in [1.29, 1.82) is 0 Å². The molecule has 0 unspecified atom stereocenters. The topological polar surface area (TPSA) is 84.3 Å². The van der Waals surface area contributed by atoms with Crippen molar-refractivity contribution in [3.8, 4) is 0 Å². The van der Waals surface area contributed by atoms with Gasteiger partial charge in [-0.15, -0.1) is 18.3 Å². The molecule has 0 aliphatic carbocycles. The first-order valence-corrected chi connectivity index (χ1v) is 9.40. The number of thioether (sulfide) groups is 1. The Kier molecular flexibility index (Phi) is 5.46. The van der Waals surface area contributed by atoms with Crippen LogP contribution in [0.15, 0.2) is 46.7 Å². The highest BCUT2D eigenvalue weighted by molar-refractivity contribution is 8.00. The third-order valence-electron chi connectivity index (χ3n) is 4.30. The van der Waals surface area contributed by atoms with Crippen LogP contribution >= 0.6 is 11.8 Å². The summed E-state index contributed by atoms with van der Waals surface area (Å²) in [6.07, 6.45) is 3.08. The zero-order valence-electron chi connectivity index (χ0n) is 15.2. The second-order valence-corrected chi connectivity index (χ2v) is 7.27. The molecule has 0 bridgehead atoms. The number of hydrogen-bond acceptors (Lipinski definition) is 5. The van der Waals surface area contributed by atoms with Crippen molar-refractivity contribution < 1.29 is 9.59 Å². The lowest BCUT2D eigenvalue weighted by Gasteiger charge is -2.27. The van der Waals surface area contributed by atoms with Crippen LogP contribution in [-0.2, 0) is 16.1 Å². The molecule has 27 heavy (non-hydrogen) atoms. The number of nitrogens with zero attached hydrogens (tertiary/aromatic N) is 3. The van der Waals surface area contributed by atoms with E-state index < -0.39 is 5.56 Å². The number of amides is 2. The summed E-state index contributed by atoms with van der Waals surface area (Å²) < 4.78 is 1.07. The molecule has 1 N–H and O–H groups in total. The van der Waals surface area contributed by atoms with Gasteiger partial charge in [-0.3, -0.25) is 14.4 Å². The molecule has 2 aromatic rings. The number of carbonyl (C=O) groups excluding carboxylic acids is 2. The number of anilines is 2. The number of rotatable bonds is 5. The van der Waals surface area contributed by atoms with Crippen LogP contribution < -0.4 is 15.8 Å². The molecule has 8 heteroatoms. The van der Waals surface area contributed by atoms with Crippen LogP contribution in [0, 0.1) is 13.8 Å². The van der Waals surface area contributed by atoms with E-state index in [-0.39, 0.29) is 36.3 Å². The molecular formula is C19H20N4O3S. The first-order chi connectivity index (χ1) is 12.9. The molecule has 2 heterocycles. The van der Waals surface area contributed by atoms with Crippen LogP contribution in [0.5, 0.6) is 0 Å². The van der Waals surface area contributed by atoms with E-state index in [1.54, 1.807) is 6.08 Å². The maximum absolute atomic E-state index is 12.8. The SMILES string of the molecule is C=CCN1C(=O)CSc2cnn(CC(=O)Nc3ccc(C)c(C)c3)c(=O)c21. The predicted octanol–water partition coefficient (Wildman–Crippen LogP) is 2.12. The highest BCUT2D eigenvalue weighted by Gasteiger charge is 2.28. The van der Waals surface area contributed by atoms with E-state index in [1.807, 2.05) is 32.0 Å². The Balaban J connectivity index is 1.84. The summed E-state index contributed by atoms with van der Waals surface area (Å²) in [6, 6.07) is 5.60. The van der Waals surface area contributed by atoms with Gasteiger partial charge in [0.15, 0.2) is 0 Å². The van der Waals surface area contributed by atoms with Crippen molar-refractivity contribution in [2.24, 2.45) is 0 Å². The smallest absolute Gasteiger partial charge is 0.292 e. The maximum Gasteiger partial charge on any atom is 0.292 e. The molecule has 7 nitrogen and oxygen atoms in total. The summed E-state index contributed by atoms with van der Waals surface area (Å²) in [5.74, 6) is -0.279. The third kappa shape index (κ3) is 3.95. The third-order valence-corrected chi connectivity index (χ3v) is 5.30. The van der Waals surface area contributed by atoms with E-state index >= 15 is 0 Å². The van der Waals surface area contributed by atoms with E-state index in [0.29, 0.717) is 10.6 Å². The normalized spacial score (nSPS) is 13.3. The van der Waals surface area contributed by atoms with Gasteiger partial charge in [0.05, 0.1) is 16.8 Å². The first kappa shape index (κ1) is 18.9. The lowest BCUT2D eigenvalue weighted by molar-refractivity contribution is -0.117. The molecule has 1 aromatic heterocycles. The fraction of sp³-hybridized carbons (Fsp3) is 0.263. The summed E-state index contributed by atoms with van der Waals surface area (Å²) in [4.78, 5) is 39.3. The van der Waals surface area contributed by atoms with Gasteiger partial charge in [-0.2, -0.15) is 5.10 Å². The van der Waals surface area contributed by atoms with Crippen LogP contribution in [0.25, 0.3) is 0 Å². The Morgan fingerprint density at radius 1 is 1.33 bits per heavy atom. The van der Waals surface area contributed by atoms with Gasteiger partial charge in [-0.1, -0.05) is 12.1 Å². The van der Waals surface area contributed by atoms with E-state index in [4.69, 9.17) is 0 Å². The Labute approximate surface area is 161 Å². The van der Waals surface area contributed by atoms with Crippen LogP contribution in [0.1, 0.15) is 11.1 Å². The van der Waals surface area contributed by atoms with Crippen molar-refractivity contribution in [1.82, 2.24) is 9.78 Å². The van der Waals surface area contributed by atoms with E-state index in [2.05, 4.69) is 17.0 Å². The van der Waals surface area contributed by atoms with Crippen LogP contribution in [0.3, 0.4) is 0 Å². The monoisotopic (exact) mass is 384 g/mol. The first-order valence-electron chi connectivity index (χ1n) is 8.42. The largest absolute Gasteiger partial charge is 0.324 e. The molecule has 0 spiro atoms. The number of benzene rings is 1. The highest BCUT2D eigenvalue weighted by atomic mass is 32.2. The highest BCUT2D eigenvalue weighted by Crippen LogP contribution is 2.31. The van der Waals surface area contributed by atoms with Gasteiger partial charge < -0.3 is 10.2 Å². The van der Waals surface area contributed by atoms with Crippen LogP contribution in [-0.4, -0.2) is 33.9 Å². The van der Waals surface area contributed by atoms with Crippen molar-refractivity contribution in [2.75, 3.05) is 22.5 Å². The van der Waals surface area contributed by atoms with E-state index in [1.165, 1.54) is 22.9 Å². The average molecular weight is 384 g/mol. The zero-order chi connectivity index (χ0) is 19.6. The van der Waals surface area contributed by atoms with Crippen LogP contribution in [0.2, 0.25) is 0 Å². The maximum atomic E-state index is 12.8. The van der Waals surface area contributed by atoms with E-state index in [9.17, 15) is 14.4 Å². The lowest BCUT2D eigenvalue weighted by Crippen LogP contribution is -2.42. The van der Waals surface area contributed by atoms with Gasteiger partial charge in [0, 0.05) is 12.2 Å². The molecule has 0 saturated heterocycles. The Morgan fingerprint density at radius 2 is 2.11 bits per heavy atom. The molecule has 1 aliphatic rings. The van der Waals surface area contributed by atoms with Gasteiger partial charge >= 0.3 is 0 Å². The quantitative estimate of drug-likeness (QED) is 0.799. The molecule has 2 amide bonds. The number of fused-ring (bicyclic) bond motifs is 1. The van der Waals surface area contributed by atoms with Gasteiger partial charge in [0.25, 0.3) is 5.56 Å². The van der Waals surface area contributed by atoms with Gasteiger partial charge in [-0.25, -0.2) is 4.68 Å². The predicted molar refractivity (Wildman–Crippen MR) is 106 cm³/mol. The van der Waals surface area contributed by atoms with Crippen molar-refractivity contribution in [3.63, 3.8) is 0 Å². The molecular weight excluding hydrogens is 364 g/mol. The Bertz CT molecular complexity index is 983. The fourth-order valence-corrected chi connectivity index (χ4v) is 3.64. The second-order valence-electron chi connectivity index (χ2n) is 6.25. The summed E-state index contributed by atoms with van der Waals surface area (Å²) in [5.41, 5.74) is 2.64. The minimum absolute atomic E-state index is 0.165. The number of aromatic nitrogens is 2. The van der Waals surface area contributed by atoms with Crippen molar-refractivity contribution >= 4 is 35.0 Å². The Morgan fingerprint density at radius 3 is 2.81 bits per heavy atom. The zero-order valence-corrected chi connectivity index (χ0v) is 16.0. The average Bonchev–Trinajstić information content (AvgIpc) is 2.63. The molecule has 1 aromatic carbocycles. The minimum Gasteiger partial charge on any atom is -0.324 e. The number of nitrogens with one attached hydrogen (secondary N) is 1. The standard InChI is InChI=1S/C19H20N4O3S/c1-4-7-22-17(25)11-27-15-9-20-23(19(26)18(15)22)10-16(24)21-14-6-5-12(2)13(3)8-14/h4-6,8-9H,1,7,10-11H2,2-3H3,(H,21,24). The molecule has 0 fully saturated rings. The second kappa shape index (κ2) is 7.79. The molecule has 1 aliphatic heterocycles. The fourth-order valence-electron chi connectivity index (χ4n) is 2.75. The summed E-state index contributed by atoms with van der Waals surface area (Å²) in [5, 5.41) is 6.85. The molecule has 3 rings (SSSR count). The van der Waals surface area contributed by atoms with E-state index in [0.717, 1.165) is 15.8 Å². The molecule has 0 radical (unpaired) electrons. The summed E-state index contributed by atoms with van der Waals surface area (Å²) in [7, 11) is 0. The molecule has 0 saturated carbocycles. The molecule has 140 valence electrons.